The molecule has 0 N–H and O–H groups in total. The number of ether oxygens (including phenoxy) is 2. The maximum atomic E-state index is 13.0. The number of imidazole rings is 1. The Morgan fingerprint density at radius 2 is 1.75 bits per heavy atom. The fourth-order valence-electron chi connectivity index (χ4n) is 3.63. The molecule has 9 nitrogen and oxygen atoms in total. The van der Waals surface area contributed by atoms with Crippen molar-refractivity contribution in [2.45, 2.75) is 39.8 Å². The quantitative estimate of drug-likeness (QED) is 0.500. The highest BCUT2D eigenvalue weighted by atomic mass is 16.5. The standard InChI is InChI=1S/C23H28N4O5/c1-6-12-26-20-19(21(28)27(13-7-2)23(26)30)25(3)18(24-20)11-10-15-8-9-16(22(29)32-5)14-17(15)31-4/h8-11,14H,6-7,12-13H2,1-5H3/b11-10+. The second-order valence-electron chi connectivity index (χ2n) is 7.37. The van der Waals surface area contributed by atoms with E-state index in [-0.39, 0.29) is 11.2 Å². The van der Waals surface area contributed by atoms with E-state index in [0.29, 0.717) is 47.8 Å². The van der Waals surface area contributed by atoms with Crippen molar-refractivity contribution in [3.8, 4) is 5.75 Å². The van der Waals surface area contributed by atoms with Crippen molar-refractivity contribution in [3.05, 3.63) is 56.0 Å². The van der Waals surface area contributed by atoms with Crippen LogP contribution in [0.1, 0.15) is 48.4 Å². The summed E-state index contributed by atoms with van der Waals surface area (Å²) in [5, 5.41) is 0. The molecular weight excluding hydrogens is 412 g/mol. The molecule has 1 aromatic carbocycles. The van der Waals surface area contributed by atoms with Crippen LogP contribution in [0.4, 0.5) is 0 Å². The van der Waals surface area contributed by atoms with Gasteiger partial charge in [-0.2, -0.15) is 0 Å². The average molecular weight is 441 g/mol. The molecule has 0 unspecified atom stereocenters. The topological polar surface area (TPSA) is 97.3 Å². The van der Waals surface area contributed by atoms with Gasteiger partial charge >= 0.3 is 11.7 Å². The number of rotatable bonds is 8. The van der Waals surface area contributed by atoms with E-state index in [1.165, 1.54) is 18.8 Å². The number of esters is 1. The van der Waals surface area contributed by atoms with Crippen molar-refractivity contribution in [1.82, 2.24) is 18.7 Å². The first-order chi connectivity index (χ1) is 15.4. The molecule has 0 atom stereocenters. The minimum atomic E-state index is -0.452. The minimum Gasteiger partial charge on any atom is -0.496 e. The van der Waals surface area contributed by atoms with Crippen LogP contribution in [0.2, 0.25) is 0 Å². The lowest BCUT2D eigenvalue weighted by Gasteiger charge is -2.10. The van der Waals surface area contributed by atoms with Gasteiger partial charge in [0.25, 0.3) is 5.56 Å². The minimum absolute atomic E-state index is 0.333. The molecule has 0 aliphatic rings. The van der Waals surface area contributed by atoms with Gasteiger partial charge < -0.3 is 14.0 Å². The maximum absolute atomic E-state index is 13.0. The predicted octanol–water partition coefficient (Wildman–Crippen LogP) is 2.68. The second kappa shape index (κ2) is 9.67. The molecule has 3 rings (SSSR count). The summed E-state index contributed by atoms with van der Waals surface area (Å²) >= 11 is 0. The van der Waals surface area contributed by atoms with Gasteiger partial charge in [0.2, 0.25) is 0 Å². The van der Waals surface area contributed by atoms with E-state index in [1.54, 1.807) is 46.5 Å². The molecule has 0 fully saturated rings. The molecule has 0 amide bonds. The Morgan fingerprint density at radius 1 is 1.06 bits per heavy atom. The van der Waals surface area contributed by atoms with Crippen LogP contribution in [0, 0.1) is 0 Å². The first-order valence-electron chi connectivity index (χ1n) is 10.5. The van der Waals surface area contributed by atoms with E-state index < -0.39 is 5.97 Å². The summed E-state index contributed by atoms with van der Waals surface area (Å²) in [5.74, 6) is 0.567. The van der Waals surface area contributed by atoms with Crippen molar-refractivity contribution in [2.24, 2.45) is 7.05 Å². The second-order valence-corrected chi connectivity index (χ2v) is 7.37. The van der Waals surface area contributed by atoms with Gasteiger partial charge in [0.15, 0.2) is 11.2 Å². The Hall–Kier alpha value is -3.62. The van der Waals surface area contributed by atoms with Crippen LogP contribution in [0.3, 0.4) is 0 Å². The molecule has 0 saturated heterocycles. The molecule has 0 bridgehead atoms. The summed E-state index contributed by atoms with van der Waals surface area (Å²) in [6, 6.07) is 4.99. The van der Waals surface area contributed by atoms with E-state index in [9.17, 15) is 14.4 Å². The SMILES string of the molecule is CCCn1c(=O)c2c(nc(/C=C/c3ccc(C(=O)OC)cc3OC)n2C)n(CCC)c1=O. The van der Waals surface area contributed by atoms with E-state index in [0.717, 1.165) is 12.0 Å². The number of aryl methyl sites for hydroxylation is 2. The Labute approximate surface area is 185 Å². The Kier molecular flexibility index (Phi) is 6.97. The van der Waals surface area contributed by atoms with Crippen LogP contribution in [-0.2, 0) is 24.9 Å². The zero-order chi connectivity index (χ0) is 23.4. The summed E-state index contributed by atoms with van der Waals surface area (Å²) in [6.45, 7) is 4.73. The normalized spacial score (nSPS) is 11.4. The van der Waals surface area contributed by atoms with Crippen LogP contribution < -0.4 is 16.0 Å². The van der Waals surface area contributed by atoms with Gasteiger partial charge in [0, 0.05) is 25.7 Å². The molecule has 0 radical (unpaired) electrons. The van der Waals surface area contributed by atoms with Gasteiger partial charge in [-0.05, 0) is 37.1 Å². The fourth-order valence-corrected chi connectivity index (χ4v) is 3.63. The zero-order valence-corrected chi connectivity index (χ0v) is 19.0. The van der Waals surface area contributed by atoms with E-state index in [4.69, 9.17) is 9.47 Å². The Morgan fingerprint density at radius 3 is 2.38 bits per heavy atom. The molecule has 9 heteroatoms. The highest BCUT2D eigenvalue weighted by Gasteiger charge is 2.18. The lowest BCUT2D eigenvalue weighted by atomic mass is 10.1. The van der Waals surface area contributed by atoms with Gasteiger partial charge in [-0.25, -0.2) is 14.6 Å². The van der Waals surface area contributed by atoms with Crippen LogP contribution in [0.15, 0.2) is 27.8 Å². The maximum Gasteiger partial charge on any atom is 0.337 e. The van der Waals surface area contributed by atoms with Crippen molar-refractivity contribution >= 4 is 29.3 Å². The summed E-state index contributed by atoms with van der Waals surface area (Å²) in [4.78, 5) is 42.3. The largest absolute Gasteiger partial charge is 0.496 e. The smallest absolute Gasteiger partial charge is 0.337 e. The number of benzene rings is 1. The highest BCUT2D eigenvalue weighted by molar-refractivity contribution is 5.90. The lowest BCUT2D eigenvalue weighted by Crippen LogP contribution is -2.40. The van der Waals surface area contributed by atoms with Crippen LogP contribution >= 0.6 is 0 Å². The van der Waals surface area contributed by atoms with Crippen molar-refractivity contribution in [3.63, 3.8) is 0 Å². The number of carbonyl (C=O) groups is 1. The third-order valence-electron chi connectivity index (χ3n) is 5.24. The highest BCUT2D eigenvalue weighted by Crippen LogP contribution is 2.23. The van der Waals surface area contributed by atoms with E-state index in [2.05, 4.69) is 4.98 Å². The molecule has 32 heavy (non-hydrogen) atoms. The number of aromatic nitrogens is 4. The van der Waals surface area contributed by atoms with Crippen molar-refractivity contribution in [2.75, 3.05) is 14.2 Å². The van der Waals surface area contributed by atoms with Gasteiger partial charge in [-0.3, -0.25) is 13.9 Å². The molecule has 2 heterocycles. The van der Waals surface area contributed by atoms with Crippen molar-refractivity contribution in [1.29, 1.82) is 0 Å². The molecule has 3 aromatic rings. The summed E-state index contributed by atoms with van der Waals surface area (Å²) in [5.41, 5.74) is 1.20. The number of hydrogen-bond donors (Lipinski definition) is 0. The van der Waals surface area contributed by atoms with Crippen LogP contribution in [0.25, 0.3) is 23.3 Å². The molecule has 2 aromatic heterocycles. The van der Waals surface area contributed by atoms with Crippen molar-refractivity contribution < 1.29 is 14.3 Å². The average Bonchev–Trinajstić information content (AvgIpc) is 3.13. The number of methoxy groups -OCH3 is 2. The van der Waals surface area contributed by atoms with Gasteiger partial charge in [-0.1, -0.05) is 19.9 Å². The first-order valence-corrected chi connectivity index (χ1v) is 10.5. The molecule has 170 valence electrons. The summed E-state index contributed by atoms with van der Waals surface area (Å²) in [7, 11) is 4.59. The van der Waals surface area contributed by atoms with Gasteiger partial charge in [0.1, 0.15) is 11.6 Å². The number of nitrogens with zero attached hydrogens (tertiary/aromatic N) is 4. The third kappa shape index (κ3) is 4.10. The number of hydrogen-bond acceptors (Lipinski definition) is 6. The summed E-state index contributed by atoms with van der Waals surface area (Å²) < 4.78 is 14.7. The monoisotopic (exact) mass is 440 g/mol. The number of carbonyl (C=O) groups excluding carboxylic acids is 1. The number of fused-ring (bicyclic) bond motifs is 1. The Balaban J connectivity index is 2.14. The lowest BCUT2D eigenvalue weighted by molar-refractivity contribution is 0.0600. The molecule has 0 saturated carbocycles. The third-order valence-corrected chi connectivity index (χ3v) is 5.24. The van der Waals surface area contributed by atoms with E-state index >= 15 is 0 Å². The molecule has 0 aliphatic carbocycles. The first kappa shape index (κ1) is 23.1. The zero-order valence-electron chi connectivity index (χ0n) is 19.0. The van der Waals surface area contributed by atoms with Crippen LogP contribution in [-0.4, -0.2) is 38.9 Å². The predicted molar refractivity (Wildman–Crippen MR) is 123 cm³/mol. The fraction of sp³-hybridized carbons (Fsp3) is 0.391. The van der Waals surface area contributed by atoms with Crippen LogP contribution in [0.5, 0.6) is 5.75 Å². The molecular formula is C23H28N4O5. The summed E-state index contributed by atoms with van der Waals surface area (Å²) in [6.07, 6.45) is 4.96. The Bertz CT molecular complexity index is 1300. The van der Waals surface area contributed by atoms with Gasteiger partial charge in [-0.15, -0.1) is 0 Å². The molecule has 0 spiro atoms. The molecule has 0 aliphatic heterocycles. The van der Waals surface area contributed by atoms with E-state index in [1.807, 2.05) is 13.8 Å². The van der Waals surface area contributed by atoms with Gasteiger partial charge in [0.05, 0.1) is 19.8 Å².